The van der Waals surface area contributed by atoms with Gasteiger partial charge < -0.3 is 10.2 Å². The minimum absolute atomic E-state index is 0.0899. The molecule has 0 atom stereocenters. The molecule has 0 unspecified atom stereocenters. The molecule has 1 saturated heterocycles. The van der Waals surface area contributed by atoms with Gasteiger partial charge in [-0.15, -0.1) is 5.10 Å². The van der Waals surface area contributed by atoms with Crippen molar-refractivity contribution in [2.45, 2.75) is 44.2 Å². The second-order valence-corrected chi connectivity index (χ2v) is 5.70. The summed E-state index contributed by atoms with van der Waals surface area (Å²) in [6, 6.07) is 2.72. The molecule has 21 heavy (non-hydrogen) atoms. The molecule has 2 fully saturated rings. The summed E-state index contributed by atoms with van der Waals surface area (Å²) in [7, 11) is 0. The van der Waals surface area contributed by atoms with Crippen LogP contribution >= 0.6 is 0 Å². The van der Waals surface area contributed by atoms with Gasteiger partial charge in [0.25, 0.3) is 5.91 Å². The van der Waals surface area contributed by atoms with Crippen LogP contribution in [0.15, 0.2) is 6.20 Å². The zero-order valence-corrected chi connectivity index (χ0v) is 12.0. The van der Waals surface area contributed by atoms with Crippen LogP contribution in [0.2, 0.25) is 0 Å². The molecule has 1 aromatic heterocycles. The normalized spacial score (nSPS) is 19.2. The monoisotopic (exact) mass is 288 g/mol. The van der Waals surface area contributed by atoms with Gasteiger partial charge in [-0.3, -0.25) is 4.79 Å². The van der Waals surface area contributed by atoms with Gasteiger partial charge in [0.2, 0.25) is 0 Å². The lowest BCUT2D eigenvalue weighted by atomic mass is 10.1. The Bertz CT molecular complexity index is 538. The van der Waals surface area contributed by atoms with Crippen LogP contribution in [0.25, 0.3) is 0 Å². The highest BCUT2D eigenvalue weighted by Crippen LogP contribution is 2.28. The molecule has 0 bridgehead atoms. The molecule has 7 heteroatoms. The molecule has 1 aromatic rings. The van der Waals surface area contributed by atoms with E-state index in [1.165, 1.54) is 0 Å². The number of rotatable bonds is 5. The number of hydrogen-bond acceptors (Lipinski definition) is 5. The van der Waals surface area contributed by atoms with E-state index in [2.05, 4.69) is 21.7 Å². The highest BCUT2D eigenvalue weighted by molar-refractivity contribution is 5.92. The van der Waals surface area contributed by atoms with E-state index in [0.29, 0.717) is 24.7 Å². The van der Waals surface area contributed by atoms with Gasteiger partial charge in [-0.25, -0.2) is 4.68 Å². The number of carbonyl (C=O) groups is 1. The number of nitrogens with one attached hydrogen (secondary N) is 1. The maximum Gasteiger partial charge on any atom is 0.276 e. The Hall–Kier alpha value is -1.94. The van der Waals surface area contributed by atoms with Gasteiger partial charge in [0.1, 0.15) is 0 Å². The van der Waals surface area contributed by atoms with E-state index in [1.807, 2.05) is 4.68 Å². The molecule has 1 amide bonds. The van der Waals surface area contributed by atoms with E-state index in [-0.39, 0.29) is 11.9 Å². The molecule has 2 heterocycles. The molecule has 7 nitrogen and oxygen atoms in total. The fourth-order valence-corrected chi connectivity index (χ4v) is 2.78. The minimum atomic E-state index is -0.0899. The van der Waals surface area contributed by atoms with Crippen molar-refractivity contribution in [2.75, 3.05) is 19.6 Å². The fraction of sp³-hybridized carbons (Fsp3) is 0.714. The first-order valence-electron chi connectivity index (χ1n) is 7.60. The topological polar surface area (TPSA) is 86.8 Å². The summed E-state index contributed by atoms with van der Waals surface area (Å²) in [6.45, 7) is 2.44. The summed E-state index contributed by atoms with van der Waals surface area (Å²) in [5, 5.41) is 20.2. The van der Waals surface area contributed by atoms with Crippen LogP contribution in [0.3, 0.4) is 0 Å². The molecule has 0 aromatic carbocycles. The first-order valence-corrected chi connectivity index (χ1v) is 7.60. The minimum Gasteiger partial charge on any atom is -0.333 e. The van der Waals surface area contributed by atoms with Crippen molar-refractivity contribution in [1.82, 2.24) is 25.2 Å². The average molecular weight is 288 g/mol. The first-order chi connectivity index (χ1) is 10.3. The third kappa shape index (κ3) is 3.22. The lowest BCUT2D eigenvalue weighted by Crippen LogP contribution is -2.34. The molecule has 0 spiro atoms. The van der Waals surface area contributed by atoms with E-state index in [0.717, 1.165) is 38.8 Å². The van der Waals surface area contributed by atoms with Gasteiger partial charge in [0.15, 0.2) is 5.69 Å². The maximum atomic E-state index is 12.5. The van der Waals surface area contributed by atoms with Crippen molar-refractivity contribution in [1.29, 1.82) is 5.26 Å². The number of nitriles is 1. The fourth-order valence-electron chi connectivity index (χ4n) is 2.78. The summed E-state index contributed by atoms with van der Waals surface area (Å²) >= 11 is 0. The van der Waals surface area contributed by atoms with Crippen molar-refractivity contribution < 1.29 is 4.79 Å². The molecule has 112 valence electrons. The third-order valence-corrected chi connectivity index (χ3v) is 4.13. The van der Waals surface area contributed by atoms with E-state index in [1.54, 1.807) is 11.1 Å². The average Bonchev–Trinajstić information content (AvgIpc) is 3.24. The van der Waals surface area contributed by atoms with Crippen molar-refractivity contribution >= 4 is 5.91 Å². The highest BCUT2D eigenvalue weighted by Gasteiger charge is 2.34. The summed E-state index contributed by atoms with van der Waals surface area (Å²) < 4.78 is 1.82. The summed E-state index contributed by atoms with van der Waals surface area (Å²) in [4.78, 5) is 14.3. The molecule has 1 aliphatic heterocycles. The Labute approximate surface area is 123 Å². The van der Waals surface area contributed by atoms with Crippen LogP contribution in [-0.2, 0) is 0 Å². The molecule has 1 N–H and O–H groups in total. The van der Waals surface area contributed by atoms with Crippen molar-refractivity contribution in [3.8, 4) is 6.07 Å². The van der Waals surface area contributed by atoms with E-state index in [9.17, 15) is 4.79 Å². The van der Waals surface area contributed by atoms with E-state index in [4.69, 9.17) is 5.26 Å². The number of piperidine rings is 1. The summed E-state index contributed by atoms with van der Waals surface area (Å²) in [5.74, 6) is -0.0899. The molecule has 0 radical (unpaired) electrons. The van der Waals surface area contributed by atoms with Gasteiger partial charge in [-0.1, -0.05) is 5.21 Å². The third-order valence-electron chi connectivity index (χ3n) is 4.13. The lowest BCUT2D eigenvalue weighted by molar-refractivity contribution is 0.0740. The van der Waals surface area contributed by atoms with Gasteiger partial charge in [0, 0.05) is 12.6 Å². The standard InChI is InChI=1S/C14H20N6O/c15-6-1-9-19(11-2-3-11)14(21)13-10-20(18-17-13)12-4-7-16-8-5-12/h10-12,16H,1-5,7-9H2. The Morgan fingerprint density at radius 3 is 2.86 bits per heavy atom. The van der Waals surface area contributed by atoms with Gasteiger partial charge in [0.05, 0.1) is 24.7 Å². The number of carbonyl (C=O) groups excluding carboxylic acids is 1. The quantitative estimate of drug-likeness (QED) is 0.862. The second-order valence-electron chi connectivity index (χ2n) is 5.70. The van der Waals surface area contributed by atoms with Gasteiger partial charge in [-0.2, -0.15) is 5.26 Å². The van der Waals surface area contributed by atoms with E-state index < -0.39 is 0 Å². The van der Waals surface area contributed by atoms with Crippen LogP contribution in [-0.4, -0.2) is 51.5 Å². The predicted molar refractivity (Wildman–Crippen MR) is 75.5 cm³/mol. The molecular formula is C14H20N6O. The van der Waals surface area contributed by atoms with Crippen molar-refractivity contribution in [3.63, 3.8) is 0 Å². The Morgan fingerprint density at radius 1 is 1.43 bits per heavy atom. The van der Waals surface area contributed by atoms with Crippen molar-refractivity contribution in [2.24, 2.45) is 0 Å². The van der Waals surface area contributed by atoms with Crippen LogP contribution in [0, 0.1) is 11.3 Å². The molecule has 1 aliphatic carbocycles. The number of nitrogens with zero attached hydrogens (tertiary/aromatic N) is 5. The summed E-state index contributed by atoms with van der Waals surface area (Å²) in [5.41, 5.74) is 0.401. The van der Waals surface area contributed by atoms with Gasteiger partial charge in [-0.05, 0) is 38.8 Å². The van der Waals surface area contributed by atoms with Gasteiger partial charge >= 0.3 is 0 Å². The zero-order chi connectivity index (χ0) is 14.7. The molecule has 1 saturated carbocycles. The van der Waals surface area contributed by atoms with Crippen LogP contribution in [0.4, 0.5) is 0 Å². The lowest BCUT2D eigenvalue weighted by Gasteiger charge is -2.22. The Balaban J connectivity index is 1.69. The van der Waals surface area contributed by atoms with Crippen LogP contribution in [0.1, 0.15) is 48.6 Å². The van der Waals surface area contributed by atoms with E-state index >= 15 is 0 Å². The van der Waals surface area contributed by atoms with Crippen molar-refractivity contribution in [3.05, 3.63) is 11.9 Å². The number of amides is 1. The van der Waals surface area contributed by atoms with Crippen LogP contribution < -0.4 is 5.32 Å². The largest absolute Gasteiger partial charge is 0.333 e. The number of hydrogen-bond donors (Lipinski definition) is 1. The molecule has 3 rings (SSSR count). The Kier molecular flexibility index (Phi) is 4.15. The smallest absolute Gasteiger partial charge is 0.276 e. The molecular weight excluding hydrogens is 268 g/mol. The first kappa shape index (κ1) is 14.0. The Morgan fingerprint density at radius 2 is 2.19 bits per heavy atom. The molecule has 2 aliphatic rings. The highest BCUT2D eigenvalue weighted by atomic mass is 16.2. The second kappa shape index (κ2) is 6.22. The zero-order valence-electron chi connectivity index (χ0n) is 12.0. The SMILES string of the molecule is N#CCCN(C(=O)c1cn(C2CCNCC2)nn1)C1CC1. The number of aromatic nitrogens is 3. The summed E-state index contributed by atoms with van der Waals surface area (Å²) in [6.07, 6.45) is 6.21. The van der Waals surface area contributed by atoms with Crippen LogP contribution in [0.5, 0.6) is 0 Å². The predicted octanol–water partition coefficient (Wildman–Crippen LogP) is 0.721. The maximum absolute atomic E-state index is 12.5.